The van der Waals surface area contributed by atoms with E-state index >= 15 is 0 Å². The molecule has 0 fully saturated rings. The van der Waals surface area contributed by atoms with E-state index in [0.717, 1.165) is 5.69 Å². The van der Waals surface area contributed by atoms with Crippen LogP contribution in [0.3, 0.4) is 0 Å². The summed E-state index contributed by atoms with van der Waals surface area (Å²) in [5.74, 6) is 0.547. The van der Waals surface area contributed by atoms with Gasteiger partial charge in [0.1, 0.15) is 0 Å². The van der Waals surface area contributed by atoms with Gasteiger partial charge in [-0.05, 0) is 24.5 Å². The third-order valence-electron chi connectivity index (χ3n) is 4.14. The van der Waals surface area contributed by atoms with Gasteiger partial charge < -0.3 is 0 Å². The number of hydrogen-bond donors (Lipinski definition) is 2. The van der Waals surface area contributed by atoms with Gasteiger partial charge in [0, 0.05) is 6.42 Å². The van der Waals surface area contributed by atoms with Gasteiger partial charge in [-0.2, -0.15) is 13.5 Å². The zero-order valence-corrected chi connectivity index (χ0v) is 16.3. The quantitative estimate of drug-likeness (QED) is 0.727. The van der Waals surface area contributed by atoms with Gasteiger partial charge in [0.25, 0.3) is 10.2 Å². The molecular formula is C15H18BrN5O3S. The van der Waals surface area contributed by atoms with Gasteiger partial charge in [-0.3, -0.25) is 9.52 Å². The number of ketones is 1. The molecule has 0 amide bonds. The maximum Gasteiger partial charge on any atom is 0.296 e. The third kappa shape index (κ3) is 3.33. The Hall–Kier alpha value is -1.78. The molecule has 2 aromatic rings. The smallest absolute Gasteiger partial charge is 0.294 e. The molecule has 10 heteroatoms. The molecule has 8 nitrogen and oxygen atoms in total. The molecule has 0 aromatic carbocycles. The fourth-order valence-corrected chi connectivity index (χ4v) is 4.03. The molecule has 1 unspecified atom stereocenters. The molecule has 0 saturated heterocycles. The standard InChI is InChI=1S/C15H18BrN5O3S/c1-8-12-10(22)6-15(2,3)14(16)13(12)21(19-8)11-5-4-9(7-18-11)20-25(17,23)24/h4-5,7,14,20H,6H2,1-3H3,(H2,17,23,24). The number of aryl methyl sites for hydroxylation is 1. The predicted octanol–water partition coefficient (Wildman–Crippen LogP) is 2.24. The first-order chi connectivity index (χ1) is 11.5. The van der Waals surface area contributed by atoms with Crippen LogP contribution in [0, 0.1) is 12.3 Å². The van der Waals surface area contributed by atoms with Crippen molar-refractivity contribution in [1.29, 1.82) is 0 Å². The zero-order chi connectivity index (χ0) is 18.6. The van der Waals surface area contributed by atoms with E-state index in [0.29, 0.717) is 23.5 Å². The second-order valence-corrected chi connectivity index (χ2v) is 8.97. The highest BCUT2D eigenvalue weighted by Crippen LogP contribution is 2.49. The first-order valence-electron chi connectivity index (χ1n) is 7.53. The Kier molecular flexibility index (Phi) is 4.25. The number of halogens is 1. The number of hydrogen-bond acceptors (Lipinski definition) is 5. The second-order valence-electron chi connectivity index (χ2n) is 6.76. The van der Waals surface area contributed by atoms with Crippen molar-refractivity contribution in [3.8, 4) is 5.82 Å². The van der Waals surface area contributed by atoms with Crippen LogP contribution in [0.25, 0.3) is 5.82 Å². The van der Waals surface area contributed by atoms with Crippen LogP contribution in [0.1, 0.15) is 46.8 Å². The van der Waals surface area contributed by atoms with Crippen molar-refractivity contribution in [3.63, 3.8) is 0 Å². The number of pyridine rings is 1. The van der Waals surface area contributed by atoms with E-state index < -0.39 is 10.2 Å². The summed E-state index contributed by atoms with van der Waals surface area (Å²) in [5.41, 5.74) is 2.01. The molecule has 2 heterocycles. The van der Waals surface area contributed by atoms with Gasteiger partial charge in [0.2, 0.25) is 0 Å². The monoisotopic (exact) mass is 427 g/mol. The lowest BCUT2D eigenvalue weighted by Gasteiger charge is -2.34. The van der Waals surface area contributed by atoms with Crippen LogP contribution < -0.4 is 9.86 Å². The predicted molar refractivity (Wildman–Crippen MR) is 97.2 cm³/mol. The number of anilines is 1. The Bertz CT molecular complexity index is 950. The molecule has 1 aliphatic rings. The number of nitrogens with one attached hydrogen (secondary N) is 1. The Labute approximate surface area is 154 Å². The number of carbonyl (C=O) groups excluding carboxylic acids is 1. The van der Waals surface area contributed by atoms with E-state index in [-0.39, 0.29) is 21.7 Å². The fourth-order valence-electron chi connectivity index (χ4n) is 3.00. The first-order valence-corrected chi connectivity index (χ1v) is 9.99. The minimum Gasteiger partial charge on any atom is -0.294 e. The van der Waals surface area contributed by atoms with Crippen LogP contribution in [0.4, 0.5) is 5.69 Å². The van der Waals surface area contributed by atoms with E-state index in [4.69, 9.17) is 5.14 Å². The van der Waals surface area contributed by atoms with E-state index in [9.17, 15) is 13.2 Å². The molecule has 25 heavy (non-hydrogen) atoms. The summed E-state index contributed by atoms with van der Waals surface area (Å²) in [7, 11) is -3.86. The lowest BCUT2D eigenvalue weighted by Crippen LogP contribution is -2.30. The van der Waals surface area contributed by atoms with E-state index in [1.165, 1.54) is 12.3 Å². The highest BCUT2D eigenvalue weighted by atomic mass is 79.9. The Morgan fingerprint density at radius 1 is 1.40 bits per heavy atom. The number of nitrogens with zero attached hydrogens (tertiary/aromatic N) is 3. The maximum absolute atomic E-state index is 12.5. The molecule has 0 spiro atoms. The molecule has 1 aliphatic carbocycles. The SMILES string of the molecule is Cc1nn(-c2ccc(NS(N)(=O)=O)cn2)c2c1C(=O)CC(C)(C)C2Br. The highest BCUT2D eigenvalue weighted by Gasteiger charge is 2.42. The highest BCUT2D eigenvalue weighted by molar-refractivity contribution is 9.09. The van der Waals surface area contributed by atoms with Crippen LogP contribution in [-0.4, -0.2) is 29.0 Å². The van der Waals surface area contributed by atoms with Gasteiger partial charge in [0.15, 0.2) is 11.6 Å². The topological polar surface area (TPSA) is 120 Å². The van der Waals surface area contributed by atoms with Crippen LogP contribution in [0.5, 0.6) is 0 Å². The summed E-state index contributed by atoms with van der Waals surface area (Å²) in [5, 5.41) is 9.42. The van der Waals surface area contributed by atoms with E-state index in [2.05, 4.69) is 30.7 Å². The minimum atomic E-state index is -3.86. The Morgan fingerprint density at radius 3 is 2.64 bits per heavy atom. The Balaban J connectivity index is 2.08. The summed E-state index contributed by atoms with van der Waals surface area (Å²) in [4.78, 5) is 16.7. The summed E-state index contributed by atoms with van der Waals surface area (Å²) in [6, 6.07) is 3.15. The number of nitrogens with two attached hydrogens (primary N) is 1. The molecule has 134 valence electrons. The van der Waals surface area contributed by atoms with Gasteiger partial charge >= 0.3 is 0 Å². The molecular weight excluding hydrogens is 410 g/mol. The van der Waals surface area contributed by atoms with Crippen molar-refractivity contribution in [2.24, 2.45) is 10.6 Å². The van der Waals surface area contributed by atoms with Gasteiger partial charge in [-0.1, -0.05) is 29.8 Å². The number of aromatic nitrogens is 3. The van der Waals surface area contributed by atoms with E-state index in [1.807, 2.05) is 13.8 Å². The number of carbonyl (C=O) groups is 1. The summed E-state index contributed by atoms with van der Waals surface area (Å²) in [6.45, 7) is 5.83. The molecule has 0 saturated carbocycles. The third-order valence-corrected chi connectivity index (χ3v) is 6.34. The zero-order valence-electron chi connectivity index (χ0n) is 13.9. The molecule has 2 aromatic heterocycles. The first kappa shape index (κ1) is 18.0. The summed E-state index contributed by atoms with van der Waals surface area (Å²) < 4.78 is 25.9. The summed E-state index contributed by atoms with van der Waals surface area (Å²) >= 11 is 3.70. The summed E-state index contributed by atoms with van der Waals surface area (Å²) in [6.07, 6.45) is 1.79. The van der Waals surface area contributed by atoms with Crippen molar-refractivity contribution in [2.75, 3.05) is 4.72 Å². The number of Topliss-reactive ketones (excluding diaryl/α,β-unsaturated/α-hetero) is 1. The molecule has 0 radical (unpaired) electrons. The van der Waals surface area contributed by atoms with Gasteiger partial charge in [-0.15, -0.1) is 0 Å². The van der Waals surface area contributed by atoms with Crippen LogP contribution in [-0.2, 0) is 10.2 Å². The minimum absolute atomic E-state index is 0.0620. The van der Waals surface area contributed by atoms with Crippen LogP contribution in [0.2, 0.25) is 0 Å². The number of rotatable bonds is 3. The van der Waals surface area contributed by atoms with Crippen LogP contribution >= 0.6 is 15.9 Å². The van der Waals surface area contributed by atoms with Crippen molar-refractivity contribution < 1.29 is 13.2 Å². The molecule has 0 aliphatic heterocycles. The van der Waals surface area contributed by atoms with Crippen LogP contribution in [0.15, 0.2) is 18.3 Å². The average Bonchev–Trinajstić information content (AvgIpc) is 2.81. The number of alkyl halides is 1. The molecule has 3 N–H and O–H groups in total. The molecule has 3 rings (SSSR count). The second kappa shape index (κ2) is 5.89. The van der Waals surface area contributed by atoms with Crippen molar-refractivity contribution in [3.05, 3.63) is 35.3 Å². The van der Waals surface area contributed by atoms with Crippen molar-refractivity contribution in [1.82, 2.24) is 14.8 Å². The molecule has 0 bridgehead atoms. The van der Waals surface area contributed by atoms with Crippen molar-refractivity contribution in [2.45, 2.75) is 32.0 Å². The number of fused-ring (bicyclic) bond motifs is 1. The Morgan fingerprint density at radius 2 is 2.08 bits per heavy atom. The lowest BCUT2D eigenvalue weighted by molar-refractivity contribution is 0.0909. The largest absolute Gasteiger partial charge is 0.296 e. The van der Waals surface area contributed by atoms with E-state index in [1.54, 1.807) is 17.7 Å². The maximum atomic E-state index is 12.5. The van der Waals surface area contributed by atoms with Gasteiger partial charge in [0.05, 0.1) is 33.7 Å². The normalized spacial score (nSPS) is 19.6. The lowest BCUT2D eigenvalue weighted by atomic mass is 9.75. The molecule has 1 atom stereocenters. The fraction of sp³-hybridized carbons (Fsp3) is 0.400. The van der Waals surface area contributed by atoms with Gasteiger partial charge in [-0.25, -0.2) is 14.8 Å². The average molecular weight is 428 g/mol. The van der Waals surface area contributed by atoms with Crippen molar-refractivity contribution >= 4 is 37.6 Å².